The summed E-state index contributed by atoms with van der Waals surface area (Å²) >= 11 is 0. The van der Waals surface area contributed by atoms with E-state index in [9.17, 15) is 4.79 Å². The molecule has 92 valence electrons. The first-order valence-corrected chi connectivity index (χ1v) is 5.29. The molecule has 4 heteroatoms. The average Bonchev–Trinajstić information content (AvgIpc) is 2.13. The SMILES string of the molecule is C=Cc1cc(N)c(C(=O)OC(C)(C)C)c(N)c1. The number of esters is 1. The van der Waals surface area contributed by atoms with Crippen molar-refractivity contribution in [2.24, 2.45) is 0 Å². The number of nitrogens with two attached hydrogens (primary N) is 2. The molecule has 0 unspecified atom stereocenters. The van der Waals surface area contributed by atoms with Crippen molar-refractivity contribution >= 4 is 23.4 Å². The molecule has 0 fully saturated rings. The van der Waals surface area contributed by atoms with Crippen molar-refractivity contribution in [2.45, 2.75) is 26.4 Å². The highest BCUT2D eigenvalue weighted by Gasteiger charge is 2.22. The smallest absolute Gasteiger partial charge is 0.342 e. The standard InChI is InChI=1S/C13H18N2O2/c1-5-8-6-9(14)11(10(15)7-8)12(16)17-13(2,3)4/h5-7H,1,14-15H2,2-4H3. The first-order chi connectivity index (χ1) is 7.74. The minimum absolute atomic E-state index is 0.213. The summed E-state index contributed by atoms with van der Waals surface area (Å²) in [7, 11) is 0. The molecule has 0 saturated carbocycles. The molecule has 0 aliphatic rings. The molecule has 0 aliphatic carbocycles. The minimum atomic E-state index is -0.576. The summed E-state index contributed by atoms with van der Waals surface area (Å²) in [6.07, 6.45) is 1.62. The van der Waals surface area contributed by atoms with E-state index in [1.165, 1.54) is 0 Å². The second kappa shape index (κ2) is 4.49. The first kappa shape index (κ1) is 13.1. The zero-order valence-electron chi connectivity index (χ0n) is 10.4. The molecule has 4 nitrogen and oxygen atoms in total. The molecule has 17 heavy (non-hydrogen) atoms. The van der Waals surface area contributed by atoms with Crippen LogP contribution in [0.2, 0.25) is 0 Å². The molecule has 1 rings (SSSR count). The lowest BCUT2D eigenvalue weighted by atomic mass is 10.1. The molecule has 0 saturated heterocycles. The van der Waals surface area contributed by atoms with Gasteiger partial charge >= 0.3 is 5.97 Å². The van der Waals surface area contributed by atoms with Crippen LogP contribution in [0, 0.1) is 0 Å². The summed E-state index contributed by atoms with van der Waals surface area (Å²) in [5, 5.41) is 0. The summed E-state index contributed by atoms with van der Waals surface area (Å²) in [6, 6.07) is 3.28. The van der Waals surface area contributed by atoms with Crippen LogP contribution in [0.25, 0.3) is 6.08 Å². The van der Waals surface area contributed by atoms with Crippen molar-refractivity contribution in [3.8, 4) is 0 Å². The Bertz CT molecular complexity index is 436. The van der Waals surface area contributed by atoms with Gasteiger partial charge in [0.2, 0.25) is 0 Å². The average molecular weight is 234 g/mol. The lowest BCUT2D eigenvalue weighted by molar-refractivity contribution is 0.00721. The van der Waals surface area contributed by atoms with E-state index in [1.54, 1.807) is 39.0 Å². The number of ether oxygens (including phenoxy) is 1. The summed E-state index contributed by atoms with van der Waals surface area (Å²) in [5.41, 5.74) is 12.6. The van der Waals surface area contributed by atoms with Crippen LogP contribution in [0.3, 0.4) is 0 Å². The largest absolute Gasteiger partial charge is 0.456 e. The van der Waals surface area contributed by atoms with Gasteiger partial charge < -0.3 is 16.2 Å². The molecular weight excluding hydrogens is 216 g/mol. The molecule has 0 aliphatic heterocycles. The van der Waals surface area contributed by atoms with Crippen molar-refractivity contribution in [3.05, 3.63) is 29.8 Å². The maximum atomic E-state index is 11.9. The van der Waals surface area contributed by atoms with Crippen LogP contribution < -0.4 is 11.5 Å². The predicted molar refractivity (Wildman–Crippen MR) is 70.5 cm³/mol. The molecule has 0 heterocycles. The third-order valence-corrected chi connectivity index (χ3v) is 2.06. The molecule has 1 aromatic rings. The highest BCUT2D eigenvalue weighted by atomic mass is 16.6. The summed E-state index contributed by atoms with van der Waals surface area (Å²) < 4.78 is 5.23. The van der Waals surface area contributed by atoms with Crippen LogP contribution >= 0.6 is 0 Å². The Morgan fingerprint density at radius 3 is 2.12 bits per heavy atom. The summed E-state index contributed by atoms with van der Waals surface area (Å²) in [5.74, 6) is -0.511. The quantitative estimate of drug-likeness (QED) is 0.608. The molecule has 0 amide bonds. The number of nitrogen functional groups attached to an aromatic ring is 2. The fourth-order valence-corrected chi connectivity index (χ4v) is 1.39. The van der Waals surface area contributed by atoms with Gasteiger partial charge in [0.25, 0.3) is 0 Å². The predicted octanol–water partition coefficient (Wildman–Crippen LogP) is 2.45. The Morgan fingerprint density at radius 2 is 1.76 bits per heavy atom. The van der Waals surface area contributed by atoms with Crippen molar-refractivity contribution in [1.29, 1.82) is 0 Å². The van der Waals surface area contributed by atoms with E-state index in [-0.39, 0.29) is 5.56 Å². The normalized spacial score (nSPS) is 11.0. The maximum Gasteiger partial charge on any atom is 0.342 e. The van der Waals surface area contributed by atoms with Gasteiger partial charge in [-0.3, -0.25) is 0 Å². The van der Waals surface area contributed by atoms with Gasteiger partial charge in [0, 0.05) is 11.4 Å². The highest BCUT2D eigenvalue weighted by Crippen LogP contribution is 2.25. The van der Waals surface area contributed by atoms with Gasteiger partial charge in [0.05, 0.1) is 0 Å². The number of rotatable bonds is 2. The van der Waals surface area contributed by atoms with E-state index >= 15 is 0 Å². The maximum absolute atomic E-state index is 11.9. The van der Waals surface area contributed by atoms with Gasteiger partial charge in [-0.2, -0.15) is 0 Å². The Morgan fingerprint density at radius 1 is 1.29 bits per heavy atom. The Labute approximate surface area is 101 Å². The van der Waals surface area contributed by atoms with E-state index in [0.717, 1.165) is 5.56 Å². The van der Waals surface area contributed by atoms with Gasteiger partial charge in [0.1, 0.15) is 11.2 Å². The van der Waals surface area contributed by atoms with Crippen LogP contribution in [0.15, 0.2) is 18.7 Å². The first-order valence-electron chi connectivity index (χ1n) is 5.29. The number of hydrogen-bond acceptors (Lipinski definition) is 4. The van der Waals surface area contributed by atoms with Gasteiger partial charge in [-0.15, -0.1) is 0 Å². The molecule has 0 bridgehead atoms. The van der Waals surface area contributed by atoms with Crippen molar-refractivity contribution < 1.29 is 9.53 Å². The van der Waals surface area contributed by atoms with Crippen LogP contribution in [0.1, 0.15) is 36.7 Å². The number of anilines is 2. The monoisotopic (exact) mass is 234 g/mol. The molecular formula is C13H18N2O2. The number of hydrogen-bond donors (Lipinski definition) is 2. The summed E-state index contributed by atoms with van der Waals surface area (Å²) in [6.45, 7) is 8.98. The highest BCUT2D eigenvalue weighted by molar-refractivity contribution is 6.01. The van der Waals surface area contributed by atoms with E-state index in [0.29, 0.717) is 11.4 Å². The number of carbonyl (C=O) groups is 1. The second-order valence-corrected chi connectivity index (χ2v) is 4.78. The third kappa shape index (κ3) is 3.24. The molecule has 0 radical (unpaired) electrons. The molecule has 4 N–H and O–H groups in total. The van der Waals surface area contributed by atoms with E-state index < -0.39 is 11.6 Å². The van der Waals surface area contributed by atoms with Crippen molar-refractivity contribution in [1.82, 2.24) is 0 Å². The molecule has 0 spiro atoms. The van der Waals surface area contributed by atoms with Crippen LogP contribution in [-0.4, -0.2) is 11.6 Å². The van der Waals surface area contributed by atoms with E-state index in [2.05, 4.69) is 6.58 Å². The van der Waals surface area contributed by atoms with Gasteiger partial charge in [0.15, 0.2) is 0 Å². The molecule has 0 aromatic heterocycles. The van der Waals surface area contributed by atoms with Gasteiger partial charge in [-0.05, 0) is 38.5 Å². The van der Waals surface area contributed by atoms with Crippen molar-refractivity contribution in [2.75, 3.05) is 11.5 Å². The number of benzene rings is 1. The van der Waals surface area contributed by atoms with E-state index in [1.807, 2.05) is 0 Å². The zero-order chi connectivity index (χ0) is 13.2. The fourth-order valence-electron chi connectivity index (χ4n) is 1.39. The van der Waals surface area contributed by atoms with Gasteiger partial charge in [-0.1, -0.05) is 12.7 Å². The number of carbonyl (C=O) groups excluding carboxylic acids is 1. The Balaban J connectivity index is 3.15. The van der Waals surface area contributed by atoms with Gasteiger partial charge in [-0.25, -0.2) is 4.79 Å². The summed E-state index contributed by atoms with van der Waals surface area (Å²) in [4.78, 5) is 11.9. The Kier molecular flexibility index (Phi) is 3.46. The lowest BCUT2D eigenvalue weighted by Gasteiger charge is -2.20. The van der Waals surface area contributed by atoms with Crippen LogP contribution in [0.4, 0.5) is 11.4 Å². The van der Waals surface area contributed by atoms with Crippen molar-refractivity contribution in [3.63, 3.8) is 0 Å². The van der Waals surface area contributed by atoms with E-state index in [4.69, 9.17) is 16.2 Å². The zero-order valence-corrected chi connectivity index (χ0v) is 10.4. The third-order valence-electron chi connectivity index (χ3n) is 2.06. The topological polar surface area (TPSA) is 78.3 Å². The second-order valence-electron chi connectivity index (χ2n) is 4.78. The Hall–Kier alpha value is -1.97. The lowest BCUT2D eigenvalue weighted by Crippen LogP contribution is -2.25. The van der Waals surface area contributed by atoms with Crippen LogP contribution in [0.5, 0.6) is 0 Å². The fraction of sp³-hybridized carbons (Fsp3) is 0.308. The molecule has 0 atom stereocenters. The van der Waals surface area contributed by atoms with Crippen LogP contribution in [-0.2, 0) is 4.74 Å². The molecule has 1 aromatic carbocycles. The minimum Gasteiger partial charge on any atom is -0.456 e.